The van der Waals surface area contributed by atoms with Crippen LogP contribution in [0.15, 0.2) is 18.2 Å². The van der Waals surface area contributed by atoms with Crippen LogP contribution >= 0.6 is 11.6 Å². The molecule has 3 rings (SSSR count). The summed E-state index contributed by atoms with van der Waals surface area (Å²) in [4.78, 5) is 6.88. The van der Waals surface area contributed by atoms with Gasteiger partial charge in [0, 0.05) is 18.1 Å². The van der Waals surface area contributed by atoms with Gasteiger partial charge in [0.25, 0.3) is 0 Å². The first-order chi connectivity index (χ1) is 9.17. The topological polar surface area (TPSA) is 47.1 Å². The van der Waals surface area contributed by atoms with Crippen LogP contribution in [0.2, 0.25) is 5.02 Å². The van der Waals surface area contributed by atoms with Crippen molar-refractivity contribution >= 4 is 28.6 Å². The molecule has 0 spiro atoms. The van der Waals surface area contributed by atoms with Crippen LogP contribution in [0.1, 0.15) is 13.3 Å². The lowest BCUT2D eigenvalue weighted by Crippen LogP contribution is -2.21. The predicted molar refractivity (Wildman–Crippen MR) is 79.4 cm³/mol. The summed E-state index contributed by atoms with van der Waals surface area (Å²) in [5.41, 5.74) is 8.01. The van der Waals surface area contributed by atoms with Gasteiger partial charge in [0.1, 0.15) is 0 Å². The number of hydrogen-bond donors (Lipinski definition) is 1. The molecule has 0 saturated carbocycles. The minimum absolute atomic E-state index is 0.590. The lowest BCUT2D eigenvalue weighted by molar-refractivity contribution is 0.334. The van der Waals surface area contributed by atoms with Gasteiger partial charge in [-0.25, -0.2) is 4.98 Å². The number of anilines is 1. The second-order valence-electron chi connectivity index (χ2n) is 5.26. The number of hydrogen-bond acceptors (Lipinski definition) is 3. The maximum Gasteiger partial charge on any atom is 0.201 e. The molecule has 1 aromatic carbocycles. The predicted octanol–water partition coefficient (Wildman–Crippen LogP) is 2.61. The fourth-order valence-corrected chi connectivity index (χ4v) is 3.09. The van der Waals surface area contributed by atoms with Gasteiger partial charge in [-0.1, -0.05) is 18.5 Å². The van der Waals surface area contributed by atoms with Crippen LogP contribution in [0, 0.1) is 5.92 Å². The second kappa shape index (κ2) is 5.02. The third-order valence-electron chi connectivity index (χ3n) is 4.00. The Balaban J connectivity index is 1.86. The van der Waals surface area contributed by atoms with E-state index in [9.17, 15) is 0 Å². The van der Waals surface area contributed by atoms with Crippen molar-refractivity contribution in [3.05, 3.63) is 23.2 Å². The Hall–Kier alpha value is -1.26. The number of benzene rings is 1. The Kier molecular flexibility index (Phi) is 3.37. The molecule has 4 nitrogen and oxygen atoms in total. The molecule has 1 atom stereocenters. The van der Waals surface area contributed by atoms with E-state index in [1.807, 2.05) is 18.2 Å². The molecular formula is C14H19ClN4. The summed E-state index contributed by atoms with van der Waals surface area (Å²) in [6.45, 7) is 6.64. The summed E-state index contributed by atoms with van der Waals surface area (Å²) in [5.74, 6) is 1.25. The standard InChI is InChI=1S/C14H19ClN4/c1-2-18-6-5-10(8-18)9-19-13-4-3-11(15)7-12(13)17-14(19)16/h3-4,7,10H,2,5-6,8-9H2,1H3,(H2,16,17). The minimum Gasteiger partial charge on any atom is -0.369 e. The number of nitrogen functional groups attached to an aromatic ring is 1. The summed E-state index contributed by atoms with van der Waals surface area (Å²) < 4.78 is 2.12. The molecule has 1 fully saturated rings. The number of fused-ring (bicyclic) bond motifs is 1. The van der Waals surface area contributed by atoms with E-state index in [0.29, 0.717) is 16.9 Å². The lowest BCUT2D eigenvalue weighted by Gasteiger charge is -2.14. The second-order valence-corrected chi connectivity index (χ2v) is 5.70. The number of nitrogens with zero attached hydrogens (tertiary/aromatic N) is 3. The lowest BCUT2D eigenvalue weighted by atomic mass is 10.1. The first kappa shape index (κ1) is 12.8. The van der Waals surface area contributed by atoms with Crippen molar-refractivity contribution in [3.63, 3.8) is 0 Å². The molecule has 0 amide bonds. The number of halogens is 1. The maximum atomic E-state index is 6.04. The number of rotatable bonds is 3. The smallest absolute Gasteiger partial charge is 0.201 e. The molecule has 102 valence electrons. The van der Waals surface area contributed by atoms with Gasteiger partial charge in [0.05, 0.1) is 11.0 Å². The molecule has 1 unspecified atom stereocenters. The Bertz CT molecular complexity index is 592. The first-order valence-electron chi connectivity index (χ1n) is 6.81. The van der Waals surface area contributed by atoms with Crippen molar-refractivity contribution in [2.75, 3.05) is 25.4 Å². The van der Waals surface area contributed by atoms with Gasteiger partial charge in [-0.15, -0.1) is 0 Å². The maximum absolute atomic E-state index is 6.04. The van der Waals surface area contributed by atoms with Crippen molar-refractivity contribution in [1.29, 1.82) is 0 Å². The summed E-state index contributed by atoms with van der Waals surface area (Å²) in [6, 6.07) is 5.78. The average molecular weight is 279 g/mol. The molecule has 5 heteroatoms. The van der Waals surface area contributed by atoms with E-state index in [1.54, 1.807) is 0 Å². The van der Waals surface area contributed by atoms with Crippen molar-refractivity contribution in [2.45, 2.75) is 19.9 Å². The molecular weight excluding hydrogens is 260 g/mol. The normalized spacial score (nSPS) is 20.4. The molecule has 2 aromatic rings. The molecule has 0 bridgehead atoms. The van der Waals surface area contributed by atoms with Crippen molar-refractivity contribution in [3.8, 4) is 0 Å². The SMILES string of the molecule is CCN1CCC(Cn2c(N)nc3cc(Cl)ccc32)C1. The fraction of sp³-hybridized carbons (Fsp3) is 0.500. The quantitative estimate of drug-likeness (QED) is 0.939. The van der Waals surface area contributed by atoms with Crippen molar-refractivity contribution in [1.82, 2.24) is 14.5 Å². The third-order valence-corrected chi connectivity index (χ3v) is 4.23. The van der Waals surface area contributed by atoms with Crippen LogP contribution in [-0.4, -0.2) is 34.1 Å². The first-order valence-corrected chi connectivity index (χ1v) is 7.18. The summed E-state index contributed by atoms with van der Waals surface area (Å²) in [6.07, 6.45) is 1.24. The van der Waals surface area contributed by atoms with Crippen LogP contribution in [0.4, 0.5) is 5.95 Å². The van der Waals surface area contributed by atoms with Crippen molar-refractivity contribution in [2.24, 2.45) is 5.92 Å². The summed E-state index contributed by atoms with van der Waals surface area (Å²) in [5, 5.41) is 0.704. The summed E-state index contributed by atoms with van der Waals surface area (Å²) >= 11 is 5.99. The molecule has 0 aliphatic carbocycles. The van der Waals surface area contributed by atoms with Crippen molar-refractivity contribution < 1.29 is 0 Å². The zero-order valence-electron chi connectivity index (χ0n) is 11.1. The third kappa shape index (κ3) is 2.42. The van der Waals surface area contributed by atoms with Gasteiger partial charge in [-0.3, -0.25) is 0 Å². The number of aromatic nitrogens is 2. The van der Waals surface area contributed by atoms with E-state index in [4.69, 9.17) is 17.3 Å². The minimum atomic E-state index is 0.590. The van der Waals surface area contributed by atoms with Gasteiger partial charge < -0.3 is 15.2 Å². The molecule has 19 heavy (non-hydrogen) atoms. The molecule has 2 heterocycles. The Labute approximate surface area is 118 Å². The summed E-state index contributed by atoms with van der Waals surface area (Å²) in [7, 11) is 0. The highest BCUT2D eigenvalue weighted by Crippen LogP contribution is 2.25. The van der Waals surface area contributed by atoms with Gasteiger partial charge in [0.15, 0.2) is 0 Å². The molecule has 1 aliphatic heterocycles. The molecule has 0 radical (unpaired) electrons. The number of imidazole rings is 1. The van der Waals surface area contributed by atoms with E-state index in [0.717, 1.165) is 30.7 Å². The van der Waals surface area contributed by atoms with Gasteiger partial charge >= 0.3 is 0 Å². The molecule has 1 aliphatic rings. The largest absolute Gasteiger partial charge is 0.369 e. The van der Waals surface area contributed by atoms with Gasteiger partial charge in [-0.05, 0) is 43.6 Å². The average Bonchev–Trinajstić information content (AvgIpc) is 2.95. The molecule has 1 aromatic heterocycles. The molecule has 2 N–H and O–H groups in total. The zero-order chi connectivity index (χ0) is 13.4. The highest BCUT2D eigenvalue weighted by atomic mass is 35.5. The zero-order valence-corrected chi connectivity index (χ0v) is 11.9. The number of likely N-dealkylation sites (tertiary alicyclic amines) is 1. The van der Waals surface area contributed by atoms with Crippen LogP contribution in [-0.2, 0) is 6.54 Å². The van der Waals surface area contributed by atoms with Gasteiger partial charge in [0.2, 0.25) is 5.95 Å². The Morgan fingerprint density at radius 3 is 3.05 bits per heavy atom. The van der Waals surface area contributed by atoms with E-state index in [2.05, 4.69) is 21.4 Å². The van der Waals surface area contributed by atoms with Crippen LogP contribution in [0.5, 0.6) is 0 Å². The van der Waals surface area contributed by atoms with Gasteiger partial charge in [-0.2, -0.15) is 0 Å². The van der Waals surface area contributed by atoms with E-state index in [1.165, 1.54) is 13.0 Å². The fourth-order valence-electron chi connectivity index (χ4n) is 2.92. The Morgan fingerprint density at radius 2 is 2.32 bits per heavy atom. The monoisotopic (exact) mass is 278 g/mol. The Morgan fingerprint density at radius 1 is 1.47 bits per heavy atom. The van der Waals surface area contributed by atoms with E-state index in [-0.39, 0.29) is 0 Å². The molecule has 1 saturated heterocycles. The van der Waals surface area contributed by atoms with E-state index < -0.39 is 0 Å². The highest BCUT2D eigenvalue weighted by molar-refractivity contribution is 6.31. The van der Waals surface area contributed by atoms with E-state index >= 15 is 0 Å². The highest BCUT2D eigenvalue weighted by Gasteiger charge is 2.22. The van der Waals surface area contributed by atoms with Crippen LogP contribution in [0.3, 0.4) is 0 Å². The number of nitrogens with two attached hydrogens (primary N) is 1. The van der Waals surface area contributed by atoms with Crippen LogP contribution < -0.4 is 5.73 Å². The van der Waals surface area contributed by atoms with Crippen LogP contribution in [0.25, 0.3) is 11.0 Å².